The second-order valence-corrected chi connectivity index (χ2v) is 4.83. The van der Waals surface area contributed by atoms with Crippen LogP contribution in [0.15, 0.2) is 30.5 Å². The van der Waals surface area contributed by atoms with Gasteiger partial charge in [-0.15, -0.1) is 12.4 Å². The molecule has 0 amide bonds. The van der Waals surface area contributed by atoms with Gasteiger partial charge in [0.2, 0.25) is 5.95 Å². The van der Waals surface area contributed by atoms with Crippen LogP contribution in [-0.4, -0.2) is 9.55 Å². The fourth-order valence-electron chi connectivity index (χ4n) is 1.90. The first kappa shape index (κ1) is 15.9. The Bertz CT molecular complexity index is 506. The molecular formula is C14H19Cl2N3. The predicted octanol–water partition coefficient (Wildman–Crippen LogP) is 4.40. The minimum Gasteiger partial charge on any atom is -0.369 e. The first-order chi connectivity index (χ1) is 8.70. The van der Waals surface area contributed by atoms with Crippen LogP contribution in [0.2, 0.25) is 5.02 Å². The Morgan fingerprint density at radius 3 is 2.53 bits per heavy atom. The van der Waals surface area contributed by atoms with Crippen molar-refractivity contribution in [3.63, 3.8) is 0 Å². The van der Waals surface area contributed by atoms with Crippen molar-refractivity contribution in [3.05, 3.63) is 35.5 Å². The minimum atomic E-state index is 0. The zero-order chi connectivity index (χ0) is 13.0. The minimum absolute atomic E-state index is 0. The molecule has 2 aromatic rings. The monoisotopic (exact) mass is 299 g/mol. The maximum atomic E-state index is 5.92. The van der Waals surface area contributed by atoms with E-state index < -0.39 is 0 Å². The Morgan fingerprint density at radius 2 is 1.89 bits per heavy atom. The molecule has 2 N–H and O–H groups in total. The van der Waals surface area contributed by atoms with Gasteiger partial charge in [-0.1, -0.05) is 43.5 Å². The molecule has 19 heavy (non-hydrogen) atoms. The molecule has 1 aromatic carbocycles. The molecule has 2 rings (SSSR count). The lowest BCUT2D eigenvalue weighted by Gasteiger charge is -2.02. The molecule has 0 spiro atoms. The third-order valence-corrected chi connectivity index (χ3v) is 3.20. The van der Waals surface area contributed by atoms with Crippen molar-refractivity contribution in [2.45, 2.75) is 32.7 Å². The molecular weight excluding hydrogens is 281 g/mol. The van der Waals surface area contributed by atoms with Crippen LogP contribution in [0, 0.1) is 0 Å². The number of nitrogen functional groups attached to an aromatic ring is 1. The van der Waals surface area contributed by atoms with Crippen molar-refractivity contribution in [3.8, 4) is 11.3 Å². The molecule has 3 nitrogen and oxygen atoms in total. The summed E-state index contributed by atoms with van der Waals surface area (Å²) in [6.45, 7) is 3.12. The molecule has 1 heterocycles. The van der Waals surface area contributed by atoms with Gasteiger partial charge >= 0.3 is 0 Å². The van der Waals surface area contributed by atoms with Gasteiger partial charge in [-0.2, -0.15) is 0 Å². The quantitative estimate of drug-likeness (QED) is 0.832. The number of hydrogen-bond donors (Lipinski definition) is 1. The fourth-order valence-corrected chi connectivity index (χ4v) is 2.03. The summed E-state index contributed by atoms with van der Waals surface area (Å²) in [4.78, 5) is 4.39. The van der Waals surface area contributed by atoms with Crippen LogP contribution in [0.25, 0.3) is 11.3 Å². The number of halogens is 2. The molecule has 0 radical (unpaired) electrons. The second kappa shape index (κ2) is 7.41. The van der Waals surface area contributed by atoms with Gasteiger partial charge in [0, 0.05) is 23.3 Å². The van der Waals surface area contributed by atoms with E-state index in [1.807, 2.05) is 35.0 Å². The topological polar surface area (TPSA) is 43.8 Å². The van der Waals surface area contributed by atoms with Crippen LogP contribution in [0.3, 0.4) is 0 Å². The first-order valence-electron chi connectivity index (χ1n) is 6.29. The summed E-state index contributed by atoms with van der Waals surface area (Å²) in [5.41, 5.74) is 7.86. The van der Waals surface area contributed by atoms with Crippen molar-refractivity contribution >= 4 is 30.0 Å². The standard InChI is InChI=1S/C14H18ClN3.ClH/c1-2-3-4-9-18-10-13(17-14(18)16)11-5-7-12(15)8-6-11;/h5-8,10H,2-4,9H2,1H3,(H2,16,17);1H. The molecule has 0 atom stereocenters. The van der Waals surface area contributed by atoms with Gasteiger partial charge < -0.3 is 10.3 Å². The molecule has 0 aliphatic carbocycles. The number of hydrogen-bond acceptors (Lipinski definition) is 2. The molecule has 5 heteroatoms. The molecule has 0 saturated carbocycles. The summed E-state index contributed by atoms with van der Waals surface area (Å²) in [6.07, 6.45) is 5.57. The van der Waals surface area contributed by atoms with Crippen molar-refractivity contribution < 1.29 is 0 Å². The SMILES string of the molecule is CCCCCn1cc(-c2ccc(Cl)cc2)nc1N.Cl. The van der Waals surface area contributed by atoms with Gasteiger partial charge in [0.15, 0.2) is 0 Å². The zero-order valence-corrected chi connectivity index (χ0v) is 12.5. The number of rotatable bonds is 5. The smallest absolute Gasteiger partial charge is 0.200 e. The highest BCUT2D eigenvalue weighted by molar-refractivity contribution is 6.30. The summed E-state index contributed by atoms with van der Waals surface area (Å²) >= 11 is 5.87. The maximum Gasteiger partial charge on any atom is 0.200 e. The number of unbranched alkanes of at least 4 members (excludes halogenated alkanes) is 2. The lowest BCUT2D eigenvalue weighted by atomic mass is 10.2. The molecule has 1 aromatic heterocycles. The molecule has 0 aliphatic heterocycles. The van der Waals surface area contributed by atoms with Crippen LogP contribution in [0.1, 0.15) is 26.2 Å². The largest absolute Gasteiger partial charge is 0.369 e. The Balaban J connectivity index is 0.00000180. The van der Waals surface area contributed by atoms with Gasteiger partial charge in [0.1, 0.15) is 0 Å². The fraction of sp³-hybridized carbons (Fsp3) is 0.357. The van der Waals surface area contributed by atoms with E-state index in [-0.39, 0.29) is 12.4 Å². The highest BCUT2D eigenvalue weighted by Crippen LogP contribution is 2.22. The van der Waals surface area contributed by atoms with Crippen LogP contribution in [0.5, 0.6) is 0 Å². The zero-order valence-electron chi connectivity index (χ0n) is 11.0. The molecule has 0 saturated heterocycles. The van der Waals surface area contributed by atoms with E-state index in [1.165, 1.54) is 12.8 Å². The first-order valence-corrected chi connectivity index (χ1v) is 6.67. The van der Waals surface area contributed by atoms with E-state index in [0.717, 1.165) is 29.2 Å². The second-order valence-electron chi connectivity index (χ2n) is 4.39. The third kappa shape index (κ3) is 4.15. The molecule has 0 bridgehead atoms. The van der Waals surface area contributed by atoms with E-state index >= 15 is 0 Å². The summed E-state index contributed by atoms with van der Waals surface area (Å²) in [5, 5.41) is 0.731. The number of aryl methyl sites for hydroxylation is 1. The Labute approximate surface area is 125 Å². The molecule has 0 aliphatic rings. The van der Waals surface area contributed by atoms with Gasteiger partial charge in [-0.3, -0.25) is 0 Å². The van der Waals surface area contributed by atoms with Gasteiger partial charge in [0.05, 0.1) is 5.69 Å². The van der Waals surface area contributed by atoms with E-state index in [2.05, 4.69) is 11.9 Å². The van der Waals surface area contributed by atoms with Crippen LogP contribution >= 0.6 is 24.0 Å². The molecule has 0 unspecified atom stereocenters. The van der Waals surface area contributed by atoms with Gasteiger partial charge in [0.25, 0.3) is 0 Å². The van der Waals surface area contributed by atoms with Crippen LogP contribution in [-0.2, 0) is 6.54 Å². The molecule has 104 valence electrons. The van der Waals surface area contributed by atoms with Gasteiger partial charge in [-0.05, 0) is 18.6 Å². The number of nitrogens with zero attached hydrogens (tertiary/aromatic N) is 2. The Hall–Kier alpha value is -1.19. The number of imidazole rings is 1. The van der Waals surface area contributed by atoms with Crippen molar-refractivity contribution in [1.29, 1.82) is 0 Å². The van der Waals surface area contributed by atoms with Crippen LogP contribution in [0.4, 0.5) is 5.95 Å². The summed E-state index contributed by atoms with van der Waals surface area (Å²) in [5.74, 6) is 0.580. The highest BCUT2D eigenvalue weighted by Gasteiger charge is 2.06. The Kier molecular flexibility index (Phi) is 6.19. The van der Waals surface area contributed by atoms with E-state index in [0.29, 0.717) is 5.95 Å². The van der Waals surface area contributed by atoms with Crippen molar-refractivity contribution in [1.82, 2.24) is 9.55 Å². The summed E-state index contributed by atoms with van der Waals surface area (Å²) in [7, 11) is 0. The van der Waals surface area contributed by atoms with E-state index in [9.17, 15) is 0 Å². The summed E-state index contributed by atoms with van der Waals surface area (Å²) in [6, 6.07) is 7.65. The number of anilines is 1. The third-order valence-electron chi connectivity index (χ3n) is 2.95. The van der Waals surface area contributed by atoms with Crippen molar-refractivity contribution in [2.24, 2.45) is 0 Å². The van der Waals surface area contributed by atoms with Gasteiger partial charge in [-0.25, -0.2) is 4.98 Å². The average Bonchev–Trinajstić information content (AvgIpc) is 2.72. The summed E-state index contributed by atoms with van der Waals surface area (Å²) < 4.78 is 2.01. The average molecular weight is 300 g/mol. The van der Waals surface area contributed by atoms with E-state index in [1.54, 1.807) is 0 Å². The normalized spacial score (nSPS) is 10.2. The lowest BCUT2D eigenvalue weighted by molar-refractivity contribution is 0.608. The maximum absolute atomic E-state index is 5.92. The number of aromatic nitrogens is 2. The lowest BCUT2D eigenvalue weighted by Crippen LogP contribution is -2.02. The van der Waals surface area contributed by atoms with Crippen LogP contribution < -0.4 is 5.73 Å². The highest BCUT2D eigenvalue weighted by atomic mass is 35.5. The molecule has 0 fully saturated rings. The number of nitrogens with two attached hydrogens (primary N) is 1. The van der Waals surface area contributed by atoms with E-state index in [4.69, 9.17) is 17.3 Å². The van der Waals surface area contributed by atoms with Crippen molar-refractivity contribution in [2.75, 3.05) is 5.73 Å². The predicted molar refractivity (Wildman–Crippen MR) is 83.9 cm³/mol. The number of benzene rings is 1. The Morgan fingerprint density at radius 1 is 1.21 bits per heavy atom.